The van der Waals surface area contributed by atoms with Gasteiger partial charge in [-0.2, -0.15) is 5.10 Å². The van der Waals surface area contributed by atoms with E-state index >= 15 is 0 Å². The summed E-state index contributed by atoms with van der Waals surface area (Å²) < 4.78 is 1.87. The average Bonchev–Trinajstić information content (AvgIpc) is 2.43. The third-order valence-electron chi connectivity index (χ3n) is 3.43. The summed E-state index contributed by atoms with van der Waals surface area (Å²) in [4.78, 5) is 0. The van der Waals surface area contributed by atoms with Gasteiger partial charge in [0.1, 0.15) is 5.82 Å². The molecule has 1 fully saturated rings. The Morgan fingerprint density at radius 2 is 2.25 bits per heavy atom. The van der Waals surface area contributed by atoms with Crippen molar-refractivity contribution < 1.29 is 0 Å². The van der Waals surface area contributed by atoms with Gasteiger partial charge in [0.05, 0.1) is 11.4 Å². The standard InChI is InChI=1S/C12H22N4/c1-3-5-10-11(13)12(16(2)15-10)14-8-9-6-4-7-9/h9,14H,3-8,13H2,1-2H3. The van der Waals surface area contributed by atoms with E-state index in [-0.39, 0.29) is 0 Å². The zero-order valence-corrected chi connectivity index (χ0v) is 10.3. The summed E-state index contributed by atoms with van der Waals surface area (Å²) in [6.07, 6.45) is 6.14. The van der Waals surface area contributed by atoms with Crippen LogP contribution in [0.1, 0.15) is 38.3 Å². The van der Waals surface area contributed by atoms with E-state index in [9.17, 15) is 0 Å². The third kappa shape index (κ3) is 2.15. The fourth-order valence-corrected chi connectivity index (χ4v) is 2.16. The van der Waals surface area contributed by atoms with Gasteiger partial charge in [0.2, 0.25) is 0 Å². The quantitative estimate of drug-likeness (QED) is 0.802. The van der Waals surface area contributed by atoms with Crippen LogP contribution in [0.2, 0.25) is 0 Å². The first-order chi connectivity index (χ1) is 7.72. The zero-order chi connectivity index (χ0) is 11.5. The molecule has 3 N–H and O–H groups in total. The van der Waals surface area contributed by atoms with Gasteiger partial charge in [0, 0.05) is 13.6 Å². The van der Waals surface area contributed by atoms with Gasteiger partial charge in [0.15, 0.2) is 0 Å². The summed E-state index contributed by atoms with van der Waals surface area (Å²) >= 11 is 0. The first-order valence-electron chi connectivity index (χ1n) is 6.27. The Labute approximate surface area is 97.2 Å². The van der Waals surface area contributed by atoms with E-state index in [4.69, 9.17) is 5.73 Å². The first kappa shape index (κ1) is 11.3. The minimum absolute atomic E-state index is 0.837. The number of anilines is 2. The number of aromatic nitrogens is 2. The molecule has 4 heteroatoms. The molecule has 4 nitrogen and oxygen atoms in total. The highest BCUT2D eigenvalue weighted by molar-refractivity contribution is 5.65. The summed E-state index contributed by atoms with van der Waals surface area (Å²) in [5.41, 5.74) is 7.96. The van der Waals surface area contributed by atoms with Gasteiger partial charge in [-0.25, -0.2) is 0 Å². The Morgan fingerprint density at radius 3 is 2.81 bits per heavy atom. The number of hydrogen-bond acceptors (Lipinski definition) is 3. The summed E-state index contributed by atoms with van der Waals surface area (Å²) in [6, 6.07) is 0. The van der Waals surface area contributed by atoms with Crippen LogP contribution in [0.3, 0.4) is 0 Å². The van der Waals surface area contributed by atoms with E-state index in [1.54, 1.807) is 0 Å². The zero-order valence-electron chi connectivity index (χ0n) is 10.3. The molecule has 1 aliphatic rings. The highest BCUT2D eigenvalue weighted by Crippen LogP contribution is 2.28. The summed E-state index contributed by atoms with van der Waals surface area (Å²) in [7, 11) is 1.96. The van der Waals surface area contributed by atoms with Crippen molar-refractivity contribution in [2.45, 2.75) is 39.0 Å². The van der Waals surface area contributed by atoms with E-state index in [0.29, 0.717) is 0 Å². The highest BCUT2D eigenvalue weighted by atomic mass is 15.3. The Morgan fingerprint density at radius 1 is 1.50 bits per heavy atom. The number of nitrogen functional groups attached to an aromatic ring is 1. The average molecular weight is 222 g/mol. The van der Waals surface area contributed by atoms with Crippen molar-refractivity contribution >= 4 is 11.5 Å². The third-order valence-corrected chi connectivity index (χ3v) is 3.43. The minimum Gasteiger partial charge on any atom is -0.394 e. The Kier molecular flexibility index (Phi) is 3.36. The number of hydrogen-bond donors (Lipinski definition) is 2. The van der Waals surface area contributed by atoms with Crippen LogP contribution in [-0.2, 0) is 13.5 Å². The second-order valence-electron chi connectivity index (χ2n) is 4.76. The molecule has 0 aromatic carbocycles. The summed E-state index contributed by atoms with van der Waals surface area (Å²) in [6.45, 7) is 3.19. The molecule has 1 aliphatic carbocycles. The molecular formula is C12H22N4. The van der Waals surface area contributed by atoms with Crippen LogP contribution < -0.4 is 11.1 Å². The van der Waals surface area contributed by atoms with Crippen molar-refractivity contribution in [3.05, 3.63) is 5.69 Å². The molecule has 2 rings (SSSR count). The van der Waals surface area contributed by atoms with Gasteiger partial charge in [0.25, 0.3) is 0 Å². The van der Waals surface area contributed by atoms with Gasteiger partial charge in [-0.1, -0.05) is 19.8 Å². The molecule has 0 spiro atoms. The van der Waals surface area contributed by atoms with Crippen LogP contribution >= 0.6 is 0 Å². The lowest BCUT2D eigenvalue weighted by atomic mass is 9.85. The smallest absolute Gasteiger partial charge is 0.147 e. The maximum Gasteiger partial charge on any atom is 0.147 e. The molecule has 0 saturated heterocycles. The van der Waals surface area contributed by atoms with Gasteiger partial charge in [-0.15, -0.1) is 0 Å². The predicted molar refractivity (Wildman–Crippen MR) is 67.4 cm³/mol. The second-order valence-corrected chi connectivity index (χ2v) is 4.76. The topological polar surface area (TPSA) is 55.9 Å². The molecular weight excluding hydrogens is 200 g/mol. The number of aryl methyl sites for hydroxylation is 2. The normalized spacial score (nSPS) is 16.1. The molecule has 0 atom stereocenters. The maximum absolute atomic E-state index is 6.09. The Hall–Kier alpha value is -1.19. The lowest BCUT2D eigenvalue weighted by Crippen LogP contribution is -2.22. The number of nitrogens with two attached hydrogens (primary N) is 1. The molecule has 16 heavy (non-hydrogen) atoms. The largest absolute Gasteiger partial charge is 0.394 e. The van der Waals surface area contributed by atoms with Crippen LogP contribution in [-0.4, -0.2) is 16.3 Å². The van der Waals surface area contributed by atoms with Crippen LogP contribution in [0, 0.1) is 5.92 Å². The fraction of sp³-hybridized carbons (Fsp3) is 0.750. The first-order valence-corrected chi connectivity index (χ1v) is 6.27. The molecule has 0 bridgehead atoms. The van der Waals surface area contributed by atoms with Gasteiger partial charge >= 0.3 is 0 Å². The molecule has 0 aliphatic heterocycles. The van der Waals surface area contributed by atoms with Crippen molar-refractivity contribution in [1.82, 2.24) is 9.78 Å². The van der Waals surface area contributed by atoms with Crippen molar-refractivity contribution in [2.24, 2.45) is 13.0 Å². The SMILES string of the molecule is CCCc1nn(C)c(NCC2CCC2)c1N. The number of nitrogens with zero attached hydrogens (tertiary/aromatic N) is 2. The molecule has 0 unspecified atom stereocenters. The number of rotatable bonds is 5. The highest BCUT2D eigenvalue weighted by Gasteiger charge is 2.19. The maximum atomic E-state index is 6.09. The van der Waals surface area contributed by atoms with Crippen molar-refractivity contribution in [1.29, 1.82) is 0 Å². The van der Waals surface area contributed by atoms with E-state index in [1.807, 2.05) is 11.7 Å². The second kappa shape index (κ2) is 4.76. The van der Waals surface area contributed by atoms with E-state index in [0.717, 1.165) is 42.5 Å². The van der Waals surface area contributed by atoms with E-state index in [1.165, 1.54) is 19.3 Å². The Balaban J connectivity index is 2.00. The van der Waals surface area contributed by atoms with Crippen LogP contribution in [0.25, 0.3) is 0 Å². The van der Waals surface area contributed by atoms with Crippen molar-refractivity contribution in [2.75, 3.05) is 17.6 Å². The Bertz CT molecular complexity index is 352. The molecule has 0 radical (unpaired) electrons. The minimum atomic E-state index is 0.837. The summed E-state index contributed by atoms with van der Waals surface area (Å²) in [5, 5.41) is 7.89. The predicted octanol–water partition coefficient (Wildman–Crippen LogP) is 2.17. The van der Waals surface area contributed by atoms with Crippen LogP contribution in [0.5, 0.6) is 0 Å². The van der Waals surface area contributed by atoms with Crippen molar-refractivity contribution in [3.63, 3.8) is 0 Å². The van der Waals surface area contributed by atoms with Crippen LogP contribution in [0.4, 0.5) is 11.5 Å². The molecule has 0 amide bonds. The van der Waals surface area contributed by atoms with Gasteiger partial charge in [-0.3, -0.25) is 4.68 Å². The monoisotopic (exact) mass is 222 g/mol. The number of nitrogens with one attached hydrogen (secondary N) is 1. The van der Waals surface area contributed by atoms with Gasteiger partial charge in [-0.05, 0) is 25.2 Å². The van der Waals surface area contributed by atoms with Crippen molar-refractivity contribution in [3.8, 4) is 0 Å². The molecule has 1 aromatic heterocycles. The van der Waals surface area contributed by atoms with Crippen LogP contribution in [0.15, 0.2) is 0 Å². The fourth-order valence-electron chi connectivity index (χ4n) is 2.16. The lowest BCUT2D eigenvalue weighted by molar-refractivity contribution is 0.333. The summed E-state index contributed by atoms with van der Waals surface area (Å²) in [5.74, 6) is 1.83. The molecule has 1 saturated carbocycles. The van der Waals surface area contributed by atoms with E-state index < -0.39 is 0 Å². The molecule has 1 aromatic rings. The van der Waals surface area contributed by atoms with Gasteiger partial charge < -0.3 is 11.1 Å². The lowest BCUT2D eigenvalue weighted by Gasteiger charge is -2.25. The molecule has 1 heterocycles. The molecule has 90 valence electrons. The van der Waals surface area contributed by atoms with E-state index in [2.05, 4.69) is 17.3 Å².